The average Bonchev–Trinajstić information content (AvgIpc) is 2.18. The normalized spacial score (nSPS) is 35.3. The van der Waals surface area contributed by atoms with E-state index >= 15 is 0 Å². The van der Waals surface area contributed by atoms with Crippen molar-refractivity contribution in [3.8, 4) is 0 Å². The van der Waals surface area contributed by atoms with Gasteiger partial charge in [-0.2, -0.15) is 0 Å². The molecule has 2 heteroatoms. The van der Waals surface area contributed by atoms with Gasteiger partial charge in [-0.15, -0.1) is 0 Å². The van der Waals surface area contributed by atoms with Crippen molar-refractivity contribution >= 4 is 0 Å². The molecule has 0 aromatic carbocycles. The fourth-order valence-electron chi connectivity index (χ4n) is 1.58. The van der Waals surface area contributed by atoms with E-state index in [0.717, 1.165) is 25.7 Å². The maximum Gasteiger partial charge on any atom is 0.0802 e. The summed E-state index contributed by atoms with van der Waals surface area (Å²) >= 11 is 0. The van der Waals surface area contributed by atoms with Gasteiger partial charge in [0.2, 0.25) is 0 Å². The molecule has 0 aromatic rings. The standard InChI is InChI=1S/C12H20O2/c13-11-9-7-5-3-1-2-4-6-8-10-12(11)14/h3-6,11-14H,1-2,7-10H2/b5-3+,6-4+. The van der Waals surface area contributed by atoms with Crippen LogP contribution in [0.25, 0.3) is 0 Å². The number of hydrogen-bond acceptors (Lipinski definition) is 2. The second kappa shape index (κ2) is 6.80. The van der Waals surface area contributed by atoms with Crippen molar-refractivity contribution in [1.82, 2.24) is 0 Å². The average molecular weight is 196 g/mol. The van der Waals surface area contributed by atoms with Gasteiger partial charge >= 0.3 is 0 Å². The first kappa shape index (κ1) is 11.5. The molecule has 0 amide bonds. The molecule has 0 fully saturated rings. The molecule has 0 aromatic heterocycles. The predicted octanol–water partition coefficient (Wildman–Crippen LogP) is 2.17. The highest BCUT2D eigenvalue weighted by molar-refractivity contribution is 4.90. The highest BCUT2D eigenvalue weighted by Crippen LogP contribution is 2.10. The highest BCUT2D eigenvalue weighted by atomic mass is 16.3. The van der Waals surface area contributed by atoms with Crippen molar-refractivity contribution in [1.29, 1.82) is 0 Å². The van der Waals surface area contributed by atoms with E-state index in [0.29, 0.717) is 12.8 Å². The predicted molar refractivity (Wildman–Crippen MR) is 58.0 cm³/mol. The fourth-order valence-corrected chi connectivity index (χ4v) is 1.58. The molecule has 0 aliphatic heterocycles. The van der Waals surface area contributed by atoms with Gasteiger partial charge < -0.3 is 10.2 Å². The summed E-state index contributed by atoms with van der Waals surface area (Å²) in [5, 5.41) is 19.1. The smallest absolute Gasteiger partial charge is 0.0802 e. The highest BCUT2D eigenvalue weighted by Gasteiger charge is 2.14. The van der Waals surface area contributed by atoms with E-state index in [4.69, 9.17) is 0 Å². The fraction of sp³-hybridized carbons (Fsp3) is 0.667. The first-order chi connectivity index (χ1) is 6.80. The molecule has 1 aliphatic carbocycles. The first-order valence-corrected chi connectivity index (χ1v) is 5.47. The lowest BCUT2D eigenvalue weighted by atomic mass is 10.0. The van der Waals surface area contributed by atoms with Crippen LogP contribution in [0.1, 0.15) is 38.5 Å². The van der Waals surface area contributed by atoms with Crippen molar-refractivity contribution in [2.75, 3.05) is 0 Å². The lowest BCUT2D eigenvalue weighted by molar-refractivity contribution is 0.0111. The zero-order chi connectivity index (χ0) is 10.2. The summed E-state index contributed by atoms with van der Waals surface area (Å²) < 4.78 is 0. The van der Waals surface area contributed by atoms with Gasteiger partial charge in [-0.3, -0.25) is 0 Å². The van der Waals surface area contributed by atoms with Crippen LogP contribution in [0.3, 0.4) is 0 Å². The van der Waals surface area contributed by atoms with Gasteiger partial charge in [0.1, 0.15) is 0 Å². The molecule has 14 heavy (non-hydrogen) atoms. The van der Waals surface area contributed by atoms with Crippen molar-refractivity contribution in [2.45, 2.75) is 50.7 Å². The third kappa shape index (κ3) is 4.58. The van der Waals surface area contributed by atoms with Gasteiger partial charge in [-0.05, 0) is 38.5 Å². The second-order valence-electron chi connectivity index (χ2n) is 3.81. The first-order valence-electron chi connectivity index (χ1n) is 5.47. The van der Waals surface area contributed by atoms with Gasteiger partial charge in [0, 0.05) is 0 Å². The van der Waals surface area contributed by atoms with Crippen LogP contribution >= 0.6 is 0 Å². The molecular weight excluding hydrogens is 176 g/mol. The SMILES string of the molecule is OC1CC/C=C/CC/C=C/CCC1O. The molecule has 80 valence electrons. The Morgan fingerprint density at radius 2 is 1.00 bits per heavy atom. The molecular formula is C12H20O2. The van der Waals surface area contributed by atoms with E-state index in [1.807, 2.05) is 0 Å². The zero-order valence-electron chi connectivity index (χ0n) is 8.60. The van der Waals surface area contributed by atoms with Gasteiger partial charge in [-0.1, -0.05) is 24.3 Å². The molecule has 2 N–H and O–H groups in total. The molecule has 0 heterocycles. The third-order valence-electron chi connectivity index (χ3n) is 2.54. The number of aliphatic hydroxyl groups is 2. The Morgan fingerprint density at radius 3 is 1.43 bits per heavy atom. The van der Waals surface area contributed by atoms with E-state index in [1.54, 1.807) is 0 Å². The summed E-state index contributed by atoms with van der Waals surface area (Å²) in [7, 11) is 0. The molecule has 1 aliphatic rings. The molecule has 2 nitrogen and oxygen atoms in total. The van der Waals surface area contributed by atoms with E-state index < -0.39 is 12.2 Å². The van der Waals surface area contributed by atoms with Crippen LogP contribution in [0.4, 0.5) is 0 Å². The summed E-state index contributed by atoms with van der Waals surface area (Å²) in [4.78, 5) is 0. The van der Waals surface area contributed by atoms with Crippen LogP contribution in [0.15, 0.2) is 24.3 Å². The Balaban J connectivity index is 2.41. The van der Waals surface area contributed by atoms with Crippen LogP contribution in [0.5, 0.6) is 0 Å². The zero-order valence-corrected chi connectivity index (χ0v) is 8.60. The number of allylic oxidation sites excluding steroid dienone is 4. The Kier molecular flexibility index (Phi) is 5.57. The second-order valence-corrected chi connectivity index (χ2v) is 3.81. The molecule has 2 atom stereocenters. The Morgan fingerprint density at radius 1 is 0.643 bits per heavy atom. The third-order valence-corrected chi connectivity index (χ3v) is 2.54. The quantitative estimate of drug-likeness (QED) is 0.583. The van der Waals surface area contributed by atoms with Gasteiger partial charge in [0.15, 0.2) is 0 Å². The van der Waals surface area contributed by atoms with E-state index in [9.17, 15) is 10.2 Å². The van der Waals surface area contributed by atoms with Crippen LogP contribution < -0.4 is 0 Å². The minimum Gasteiger partial charge on any atom is -0.390 e. The van der Waals surface area contributed by atoms with E-state index in [1.165, 1.54) is 0 Å². The minimum absolute atomic E-state index is 0.563. The molecule has 0 saturated carbocycles. The Labute approximate surface area is 86.0 Å². The summed E-state index contributed by atoms with van der Waals surface area (Å²) in [5.41, 5.74) is 0. The van der Waals surface area contributed by atoms with E-state index in [2.05, 4.69) is 24.3 Å². The number of rotatable bonds is 0. The molecule has 0 spiro atoms. The Bertz CT molecular complexity index is 174. The summed E-state index contributed by atoms with van der Waals surface area (Å²) in [5.74, 6) is 0. The van der Waals surface area contributed by atoms with Gasteiger partial charge in [0.05, 0.1) is 12.2 Å². The maximum atomic E-state index is 9.55. The number of hydrogen-bond donors (Lipinski definition) is 2. The topological polar surface area (TPSA) is 40.5 Å². The van der Waals surface area contributed by atoms with Gasteiger partial charge in [0.25, 0.3) is 0 Å². The summed E-state index contributed by atoms with van der Waals surface area (Å²) in [6.07, 6.45) is 12.6. The minimum atomic E-state index is -0.563. The van der Waals surface area contributed by atoms with Crippen LogP contribution in [0, 0.1) is 0 Å². The molecule has 0 bridgehead atoms. The molecule has 0 radical (unpaired) electrons. The lowest BCUT2D eigenvalue weighted by Gasteiger charge is -2.16. The summed E-state index contributed by atoms with van der Waals surface area (Å²) in [6.45, 7) is 0. The van der Waals surface area contributed by atoms with Crippen LogP contribution in [-0.2, 0) is 0 Å². The molecule has 0 saturated heterocycles. The number of aliphatic hydroxyl groups excluding tert-OH is 2. The van der Waals surface area contributed by atoms with Crippen LogP contribution in [-0.4, -0.2) is 22.4 Å². The van der Waals surface area contributed by atoms with Crippen molar-refractivity contribution in [3.05, 3.63) is 24.3 Å². The Hall–Kier alpha value is -0.600. The van der Waals surface area contributed by atoms with Crippen molar-refractivity contribution < 1.29 is 10.2 Å². The van der Waals surface area contributed by atoms with E-state index in [-0.39, 0.29) is 0 Å². The lowest BCUT2D eigenvalue weighted by Crippen LogP contribution is -2.25. The van der Waals surface area contributed by atoms with Gasteiger partial charge in [-0.25, -0.2) is 0 Å². The maximum absolute atomic E-state index is 9.55. The van der Waals surface area contributed by atoms with Crippen molar-refractivity contribution in [3.63, 3.8) is 0 Å². The summed E-state index contributed by atoms with van der Waals surface area (Å²) in [6, 6.07) is 0. The van der Waals surface area contributed by atoms with Crippen molar-refractivity contribution in [2.24, 2.45) is 0 Å². The molecule has 1 rings (SSSR count). The largest absolute Gasteiger partial charge is 0.390 e. The van der Waals surface area contributed by atoms with Crippen LogP contribution in [0.2, 0.25) is 0 Å². The monoisotopic (exact) mass is 196 g/mol. The molecule has 2 unspecified atom stereocenters.